The Morgan fingerprint density at radius 3 is 2.92 bits per heavy atom. The van der Waals surface area contributed by atoms with E-state index >= 15 is 0 Å². The van der Waals surface area contributed by atoms with Crippen molar-refractivity contribution in [3.05, 3.63) is 12.2 Å². The minimum atomic E-state index is -0.130. The molecule has 1 N–H and O–H groups in total. The van der Waals surface area contributed by atoms with Crippen LogP contribution in [0.25, 0.3) is 0 Å². The van der Waals surface area contributed by atoms with Crippen LogP contribution >= 0.6 is 23.5 Å². The highest BCUT2D eigenvalue weighted by molar-refractivity contribution is 8.06. The van der Waals surface area contributed by atoms with Gasteiger partial charge in [0, 0.05) is 22.5 Å². The summed E-state index contributed by atoms with van der Waals surface area (Å²) in [5.41, 5.74) is 1.17. The molecule has 1 rings (SSSR count). The fraction of sp³-hybridized carbons (Fsp3) is 0.800. The summed E-state index contributed by atoms with van der Waals surface area (Å²) in [6.07, 6.45) is 1.71. The monoisotopic (exact) mass is 218 g/mol. The van der Waals surface area contributed by atoms with Crippen LogP contribution in [0.1, 0.15) is 19.8 Å². The van der Waals surface area contributed by atoms with Crippen molar-refractivity contribution in [1.82, 2.24) is 0 Å². The smallest absolute Gasteiger partial charge is 0.0669 e. The van der Waals surface area contributed by atoms with Crippen molar-refractivity contribution in [3.63, 3.8) is 0 Å². The predicted octanol–water partition coefficient (Wildman–Crippen LogP) is 2.55. The highest BCUT2D eigenvalue weighted by atomic mass is 32.2. The molecule has 3 heteroatoms. The Hall–Kier alpha value is 0.400. The van der Waals surface area contributed by atoms with Crippen molar-refractivity contribution in [3.8, 4) is 0 Å². The van der Waals surface area contributed by atoms with Gasteiger partial charge in [-0.2, -0.15) is 23.5 Å². The van der Waals surface area contributed by atoms with Crippen LogP contribution in [0.4, 0.5) is 0 Å². The number of hydrogen-bond acceptors (Lipinski definition) is 3. The van der Waals surface area contributed by atoms with Crippen molar-refractivity contribution in [2.75, 3.05) is 17.3 Å². The van der Waals surface area contributed by atoms with E-state index in [1.165, 1.54) is 17.1 Å². The molecule has 0 aliphatic carbocycles. The quantitative estimate of drug-likeness (QED) is 0.732. The first-order chi connectivity index (χ1) is 6.20. The molecule has 1 aliphatic rings. The molecule has 0 aromatic carbocycles. The Morgan fingerprint density at radius 1 is 1.62 bits per heavy atom. The summed E-state index contributed by atoms with van der Waals surface area (Å²) in [6.45, 7) is 5.87. The van der Waals surface area contributed by atoms with Crippen LogP contribution in [0.3, 0.4) is 0 Å². The molecule has 0 aromatic rings. The molecule has 76 valence electrons. The van der Waals surface area contributed by atoms with Crippen LogP contribution in [0.5, 0.6) is 0 Å². The minimum Gasteiger partial charge on any atom is -0.392 e. The number of rotatable bonds is 4. The van der Waals surface area contributed by atoms with Crippen LogP contribution in [0, 0.1) is 0 Å². The second-order valence-electron chi connectivity index (χ2n) is 3.55. The number of aliphatic hydroxyl groups is 1. The number of allylic oxidation sites excluding steroid dienone is 1. The molecule has 2 atom stereocenters. The van der Waals surface area contributed by atoms with Crippen molar-refractivity contribution in [2.45, 2.75) is 31.1 Å². The molecule has 0 saturated carbocycles. The van der Waals surface area contributed by atoms with Gasteiger partial charge in [-0.3, -0.25) is 0 Å². The van der Waals surface area contributed by atoms with E-state index in [0.717, 1.165) is 18.6 Å². The van der Waals surface area contributed by atoms with E-state index in [1.54, 1.807) is 0 Å². The topological polar surface area (TPSA) is 20.2 Å². The van der Waals surface area contributed by atoms with Crippen molar-refractivity contribution in [2.24, 2.45) is 0 Å². The molecule has 0 amide bonds. The Balaban J connectivity index is 2.20. The molecule has 1 nitrogen and oxygen atoms in total. The lowest BCUT2D eigenvalue weighted by atomic mass is 10.1. The third-order valence-electron chi connectivity index (χ3n) is 2.14. The molecule has 0 bridgehead atoms. The summed E-state index contributed by atoms with van der Waals surface area (Å²) in [5.74, 6) is 3.55. The Bertz CT molecular complexity index is 164. The fourth-order valence-corrected chi connectivity index (χ4v) is 4.12. The molecule has 1 saturated heterocycles. The van der Waals surface area contributed by atoms with E-state index in [2.05, 4.69) is 6.58 Å². The molecule has 1 heterocycles. The van der Waals surface area contributed by atoms with Crippen LogP contribution in [-0.2, 0) is 0 Å². The zero-order chi connectivity index (χ0) is 9.68. The van der Waals surface area contributed by atoms with Crippen molar-refractivity contribution >= 4 is 23.5 Å². The Labute approximate surface area is 89.4 Å². The van der Waals surface area contributed by atoms with E-state index in [1.807, 2.05) is 30.4 Å². The molecule has 0 spiro atoms. The van der Waals surface area contributed by atoms with Gasteiger partial charge in [0.1, 0.15) is 0 Å². The van der Waals surface area contributed by atoms with E-state index in [4.69, 9.17) is 0 Å². The van der Waals surface area contributed by atoms with Gasteiger partial charge in [-0.1, -0.05) is 5.57 Å². The van der Waals surface area contributed by atoms with Gasteiger partial charge in [0.2, 0.25) is 0 Å². The zero-order valence-electron chi connectivity index (χ0n) is 8.16. The summed E-state index contributed by atoms with van der Waals surface area (Å²) in [5, 5.41) is 10.3. The van der Waals surface area contributed by atoms with Crippen LogP contribution in [-0.4, -0.2) is 33.7 Å². The summed E-state index contributed by atoms with van der Waals surface area (Å²) >= 11 is 3.88. The third-order valence-corrected chi connectivity index (χ3v) is 5.04. The zero-order valence-corrected chi connectivity index (χ0v) is 9.79. The standard InChI is InChI=1S/C10H18OS2/c1-8(2)3-4-9(11)10-7-12-5-6-13-10/h9-11H,1,3-7H2,2H3. The SMILES string of the molecule is C=C(C)CCC(O)C1CSCCS1. The van der Waals surface area contributed by atoms with Crippen LogP contribution in [0.2, 0.25) is 0 Å². The number of hydrogen-bond donors (Lipinski definition) is 1. The molecule has 1 aliphatic heterocycles. The first-order valence-electron chi connectivity index (χ1n) is 4.72. The molecule has 1 fully saturated rings. The van der Waals surface area contributed by atoms with Gasteiger partial charge in [-0.05, 0) is 19.8 Å². The summed E-state index contributed by atoms with van der Waals surface area (Å²) in [6, 6.07) is 0. The summed E-state index contributed by atoms with van der Waals surface area (Å²) in [7, 11) is 0. The first kappa shape index (κ1) is 11.5. The third kappa shape index (κ3) is 4.43. The highest BCUT2D eigenvalue weighted by Gasteiger charge is 2.21. The maximum atomic E-state index is 9.85. The highest BCUT2D eigenvalue weighted by Crippen LogP contribution is 2.28. The van der Waals surface area contributed by atoms with E-state index in [0.29, 0.717) is 5.25 Å². The minimum absolute atomic E-state index is 0.130. The molecule has 0 aromatic heterocycles. The number of thioether (sulfide) groups is 2. The molecular formula is C10H18OS2. The summed E-state index contributed by atoms with van der Waals surface area (Å²) < 4.78 is 0. The lowest BCUT2D eigenvalue weighted by Gasteiger charge is -2.25. The average Bonchev–Trinajstić information content (AvgIpc) is 2.15. The van der Waals surface area contributed by atoms with Gasteiger partial charge in [-0.15, -0.1) is 6.58 Å². The number of aliphatic hydroxyl groups excluding tert-OH is 1. The van der Waals surface area contributed by atoms with Crippen LogP contribution < -0.4 is 0 Å². The van der Waals surface area contributed by atoms with E-state index in [-0.39, 0.29) is 6.10 Å². The van der Waals surface area contributed by atoms with E-state index in [9.17, 15) is 5.11 Å². The second-order valence-corrected chi connectivity index (χ2v) is 6.04. The predicted molar refractivity (Wildman–Crippen MR) is 63.6 cm³/mol. The molecule has 2 unspecified atom stereocenters. The van der Waals surface area contributed by atoms with Crippen molar-refractivity contribution in [1.29, 1.82) is 0 Å². The largest absolute Gasteiger partial charge is 0.392 e. The molecule has 13 heavy (non-hydrogen) atoms. The molecular weight excluding hydrogens is 200 g/mol. The van der Waals surface area contributed by atoms with Gasteiger partial charge < -0.3 is 5.11 Å². The maximum absolute atomic E-state index is 9.85. The fourth-order valence-electron chi connectivity index (χ4n) is 1.31. The first-order valence-corrected chi connectivity index (χ1v) is 6.92. The molecule has 0 radical (unpaired) electrons. The van der Waals surface area contributed by atoms with Crippen molar-refractivity contribution < 1.29 is 5.11 Å². The Kier molecular flexibility index (Phi) is 5.29. The van der Waals surface area contributed by atoms with E-state index < -0.39 is 0 Å². The van der Waals surface area contributed by atoms with Gasteiger partial charge in [0.15, 0.2) is 0 Å². The Morgan fingerprint density at radius 2 is 2.38 bits per heavy atom. The van der Waals surface area contributed by atoms with Gasteiger partial charge >= 0.3 is 0 Å². The lowest BCUT2D eigenvalue weighted by molar-refractivity contribution is 0.167. The van der Waals surface area contributed by atoms with Gasteiger partial charge in [-0.25, -0.2) is 0 Å². The summed E-state index contributed by atoms with van der Waals surface area (Å²) in [4.78, 5) is 0. The maximum Gasteiger partial charge on any atom is 0.0669 e. The van der Waals surface area contributed by atoms with Gasteiger partial charge in [0.05, 0.1) is 6.10 Å². The normalized spacial score (nSPS) is 25.5. The van der Waals surface area contributed by atoms with Crippen LogP contribution in [0.15, 0.2) is 12.2 Å². The second kappa shape index (κ2) is 5.99. The lowest BCUT2D eigenvalue weighted by Crippen LogP contribution is -2.28. The average molecular weight is 218 g/mol. The van der Waals surface area contributed by atoms with Gasteiger partial charge in [0.25, 0.3) is 0 Å².